The van der Waals surface area contributed by atoms with E-state index in [9.17, 15) is 53.5 Å². The molecule has 0 aromatic heterocycles. The molecule has 0 heterocycles. The number of halogens is 10. The Balaban J connectivity index is 0.000000306. The molecule has 4 aromatic carbocycles. The van der Waals surface area contributed by atoms with Crippen molar-refractivity contribution >= 4 is 11.9 Å². The molecule has 0 radical (unpaired) electrons. The summed E-state index contributed by atoms with van der Waals surface area (Å²) >= 11 is 0. The van der Waals surface area contributed by atoms with Crippen molar-refractivity contribution in [1.29, 1.82) is 0 Å². The molecule has 6 nitrogen and oxygen atoms in total. The minimum Gasteiger partial charge on any atom is -0.494 e. The van der Waals surface area contributed by atoms with Crippen LogP contribution in [0, 0.1) is 23.3 Å². The van der Waals surface area contributed by atoms with E-state index in [1.165, 1.54) is 31.2 Å². The first-order chi connectivity index (χ1) is 26.9. The van der Waals surface area contributed by atoms with Crippen molar-refractivity contribution in [3.8, 4) is 33.8 Å². The summed E-state index contributed by atoms with van der Waals surface area (Å²) in [6, 6.07) is 16.4. The molecule has 0 aliphatic heterocycles. The highest BCUT2D eigenvalue weighted by Gasteiger charge is 2.43. The number of unbranched alkanes of at least 4 members (excludes halogenated alkanes) is 1. The van der Waals surface area contributed by atoms with Gasteiger partial charge in [0.05, 0.1) is 24.3 Å². The predicted molar refractivity (Wildman–Crippen MR) is 191 cm³/mol. The molecular weight excluding hydrogens is 778 g/mol. The molecule has 0 saturated heterocycles. The van der Waals surface area contributed by atoms with Crippen molar-refractivity contribution in [1.82, 2.24) is 0 Å². The summed E-state index contributed by atoms with van der Waals surface area (Å²) in [6.07, 6.45) is -14.5. The minimum absolute atomic E-state index is 0.102. The largest absolute Gasteiger partial charge is 0.494 e. The van der Waals surface area contributed by atoms with E-state index in [2.05, 4.69) is 9.47 Å². The number of alkyl halides is 6. The molecule has 0 bridgehead atoms. The molecule has 2 atom stereocenters. The summed E-state index contributed by atoms with van der Waals surface area (Å²) in [6.45, 7) is 7.64. The van der Waals surface area contributed by atoms with Gasteiger partial charge in [-0.15, -0.1) is 0 Å². The van der Waals surface area contributed by atoms with Crippen molar-refractivity contribution in [3.05, 3.63) is 107 Å². The summed E-state index contributed by atoms with van der Waals surface area (Å²) in [5.41, 5.74) is -1.42. The smallest absolute Gasteiger partial charge is 0.425 e. The van der Waals surface area contributed by atoms with E-state index < -0.39 is 83.7 Å². The van der Waals surface area contributed by atoms with Crippen LogP contribution in [0.4, 0.5) is 43.9 Å². The molecule has 2 unspecified atom stereocenters. The van der Waals surface area contributed by atoms with E-state index in [1.807, 2.05) is 0 Å². The van der Waals surface area contributed by atoms with E-state index in [1.54, 1.807) is 45.0 Å². The molecule has 4 aromatic rings. The van der Waals surface area contributed by atoms with Crippen LogP contribution in [-0.2, 0) is 9.47 Å². The van der Waals surface area contributed by atoms with Gasteiger partial charge >= 0.3 is 24.3 Å². The average molecular weight is 819 g/mol. The van der Waals surface area contributed by atoms with Crippen LogP contribution in [-0.4, -0.2) is 49.7 Å². The van der Waals surface area contributed by atoms with Crippen molar-refractivity contribution in [2.75, 3.05) is 13.2 Å². The number of esters is 2. The highest BCUT2D eigenvalue weighted by molar-refractivity contribution is 5.91. The van der Waals surface area contributed by atoms with Gasteiger partial charge in [0.15, 0.2) is 35.5 Å². The van der Waals surface area contributed by atoms with Crippen LogP contribution in [0.15, 0.2) is 72.8 Å². The normalized spacial score (nSPS) is 12.5. The lowest BCUT2D eigenvalue weighted by Crippen LogP contribution is -2.34. The Morgan fingerprint density at radius 2 is 0.877 bits per heavy atom. The maximum absolute atomic E-state index is 14.5. The summed E-state index contributed by atoms with van der Waals surface area (Å²) in [4.78, 5) is 24.0. The van der Waals surface area contributed by atoms with E-state index in [-0.39, 0.29) is 24.0 Å². The Hall–Kier alpha value is -5.28. The van der Waals surface area contributed by atoms with Crippen molar-refractivity contribution in [2.24, 2.45) is 0 Å². The molecule has 0 fully saturated rings. The first-order valence-corrected chi connectivity index (χ1v) is 17.8. The number of hydrogen-bond donors (Lipinski definition) is 0. The number of rotatable bonds is 15. The van der Waals surface area contributed by atoms with Gasteiger partial charge in [-0.05, 0) is 80.6 Å². The van der Waals surface area contributed by atoms with Crippen molar-refractivity contribution in [3.63, 3.8) is 0 Å². The van der Waals surface area contributed by atoms with Crippen molar-refractivity contribution in [2.45, 2.75) is 84.4 Å². The maximum atomic E-state index is 14.5. The summed E-state index contributed by atoms with van der Waals surface area (Å²) < 4.78 is 155. The van der Waals surface area contributed by atoms with E-state index in [4.69, 9.17) is 9.47 Å². The van der Waals surface area contributed by atoms with Gasteiger partial charge < -0.3 is 18.9 Å². The second-order valence-corrected chi connectivity index (χ2v) is 12.3. The minimum atomic E-state index is -4.79. The predicted octanol–water partition coefficient (Wildman–Crippen LogP) is 12.2. The maximum Gasteiger partial charge on any atom is 0.425 e. The fourth-order valence-electron chi connectivity index (χ4n) is 5.27. The van der Waals surface area contributed by atoms with Gasteiger partial charge in [0.25, 0.3) is 0 Å². The van der Waals surface area contributed by atoms with Gasteiger partial charge in [0, 0.05) is 11.1 Å². The third-order valence-corrected chi connectivity index (χ3v) is 8.16. The monoisotopic (exact) mass is 818 g/mol. The van der Waals surface area contributed by atoms with Crippen LogP contribution in [0.25, 0.3) is 22.3 Å². The zero-order valence-corrected chi connectivity index (χ0v) is 31.3. The highest BCUT2D eigenvalue weighted by Crippen LogP contribution is 2.33. The van der Waals surface area contributed by atoms with Gasteiger partial charge in [0.1, 0.15) is 11.5 Å². The molecule has 16 heteroatoms. The molecule has 310 valence electrons. The molecule has 0 aliphatic carbocycles. The zero-order chi connectivity index (χ0) is 42.5. The quantitative estimate of drug-likeness (QED) is 0.0879. The zero-order valence-electron chi connectivity index (χ0n) is 31.3. The Morgan fingerprint density at radius 3 is 1.19 bits per heavy atom. The Labute approximate surface area is 322 Å². The SMILES string of the molecule is CCCC(OC(=O)c1ccc(-c2ccc(OCC)cc2)c(F)c1F)C(F)(F)F.CCCCC(OC(=O)c1ccc(-c2ccc(OCC)cc2)c(F)c1F)C(F)(F)F. The van der Waals surface area contributed by atoms with E-state index in [0.29, 0.717) is 42.3 Å². The Bertz CT molecular complexity index is 1930. The van der Waals surface area contributed by atoms with Crippen molar-refractivity contribution < 1.29 is 72.4 Å². The molecule has 0 spiro atoms. The second-order valence-electron chi connectivity index (χ2n) is 12.3. The third kappa shape index (κ3) is 12.6. The number of carbonyl (C=O) groups is 2. The summed E-state index contributed by atoms with van der Waals surface area (Å²) in [5.74, 6) is -7.85. The fourth-order valence-corrected chi connectivity index (χ4v) is 5.27. The average Bonchev–Trinajstić information content (AvgIpc) is 3.15. The van der Waals surface area contributed by atoms with Crippen LogP contribution in [0.5, 0.6) is 11.5 Å². The molecule has 57 heavy (non-hydrogen) atoms. The van der Waals surface area contributed by atoms with E-state index in [0.717, 1.165) is 24.3 Å². The second kappa shape index (κ2) is 20.8. The first kappa shape index (κ1) is 46.1. The molecular formula is C41H40F10O6. The molecule has 0 saturated carbocycles. The van der Waals surface area contributed by atoms with Crippen LogP contribution < -0.4 is 9.47 Å². The number of hydrogen-bond acceptors (Lipinski definition) is 6. The van der Waals surface area contributed by atoms with Crippen LogP contribution in [0.3, 0.4) is 0 Å². The topological polar surface area (TPSA) is 71.1 Å². The third-order valence-electron chi connectivity index (χ3n) is 8.16. The first-order valence-electron chi connectivity index (χ1n) is 17.8. The van der Waals surface area contributed by atoms with Gasteiger partial charge in [-0.1, -0.05) is 63.1 Å². The lowest BCUT2D eigenvalue weighted by molar-refractivity contribution is -0.206. The number of benzene rings is 4. The van der Waals surface area contributed by atoms with Gasteiger partial charge in [0.2, 0.25) is 0 Å². The lowest BCUT2D eigenvalue weighted by atomic mass is 10.0. The Kier molecular flexibility index (Phi) is 16.8. The molecule has 0 N–H and O–H groups in total. The van der Waals surface area contributed by atoms with E-state index >= 15 is 0 Å². The van der Waals surface area contributed by atoms with Crippen LogP contribution >= 0.6 is 0 Å². The lowest BCUT2D eigenvalue weighted by Gasteiger charge is -2.20. The van der Waals surface area contributed by atoms with Gasteiger partial charge in [-0.2, -0.15) is 26.3 Å². The summed E-state index contributed by atoms with van der Waals surface area (Å²) in [7, 11) is 0. The van der Waals surface area contributed by atoms with Gasteiger partial charge in [-0.3, -0.25) is 0 Å². The van der Waals surface area contributed by atoms with Crippen LogP contribution in [0.2, 0.25) is 0 Å². The van der Waals surface area contributed by atoms with Gasteiger partial charge in [-0.25, -0.2) is 27.2 Å². The molecule has 4 rings (SSSR count). The number of ether oxygens (including phenoxy) is 4. The number of carbonyl (C=O) groups excluding carboxylic acids is 2. The standard InChI is InChI=1S/C21H21F5O3.C20H19F5O3/c1-3-5-6-17(21(24,25)26)29-20(27)16-12-11-15(18(22)19(16)23)13-7-9-14(10-8-13)28-4-2;1-3-5-16(20(23,24)25)28-19(26)15-11-10-14(17(21)18(15)22)12-6-8-13(9-7-12)27-4-2/h7-12,17H,3-6H2,1-2H3;6-11,16H,3-5H2,1-2H3. The fraction of sp³-hybridized carbons (Fsp3) is 0.366. The van der Waals surface area contributed by atoms with Crippen LogP contribution in [0.1, 0.15) is 80.5 Å². The molecule has 0 aliphatic rings. The Morgan fingerprint density at radius 1 is 0.509 bits per heavy atom. The highest BCUT2D eigenvalue weighted by atomic mass is 19.4. The molecule has 0 amide bonds. The summed E-state index contributed by atoms with van der Waals surface area (Å²) in [5, 5.41) is 0.